The molecule has 0 amide bonds. The van der Waals surface area contributed by atoms with Crippen LogP contribution >= 0.6 is 0 Å². The highest BCUT2D eigenvalue weighted by molar-refractivity contribution is 6.03. The summed E-state index contributed by atoms with van der Waals surface area (Å²) in [5.74, 6) is 0. The van der Waals surface area contributed by atoms with Gasteiger partial charge < -0.3 is 9.88 Å². The molecular formula is C10H11N3O. The van der Waals surface area contributed by atoms with Crippen LogP contribution in [-0.2, 0) is 7.05 Å². The predicted molar refractivity (Wildman–Crippen MR) is 55.6 cm³/mol. The zero-order chi connectivity index (χ0) is 10.1. The van der Waals surface area contributed by atoms with E-state index in [0.717, 1.165) is 23.0 Å². The molecule has 4 heteroatoms. The van der Waals surface area contributed by atoms with Crippen LogP contribution in [0.15, 0.2) is 18.5 Å². The second-order valence-electron chi connectivity index (χ2n) is 3.12. The van der Waals surface area contributed by atoms with Gasteiger partial charge in [0, 0.05) is 37.7 Å². The lowest BCUT2D eigenvalue weighted by atomic mass is 10.2. The first-order valence-corrected chi connectivity index (χ1v) is 4.35. The molecule has 0 saturated heterocycles. The Balaban J connectivity index is 2.89. The van der Waals surface area contributed by atoms with Crippen LogP contribution in [0.1, 0.15) is 10.4 Å². The third-order valence-electron chi connectivity index (χ3n) is 2.28. The van der Waals surface area contributed by atoms with Gasteiger partial charge in [0.15, 0.2) is 6.29 Å². The van der Waals surface area contributed by atoms with Crippen molar-refractivity contribution in [2.24, 2.45) is 7.05 Å². The van der Waals surface area contributed by atoms with E-state index in [1.54, 1.807) is 12.4 Å². The number of pyridine rings is 1. The highest BCUT2D eigenvalue weighted by Gasteiger charge is 2.09. The highest BCUT2D eigenvalue weighted by atomic mass is 16.1. The van der Waals surface area contributed by atoms with Gasteiger partial charge in [-0.15, -0.1) is 0 Å². The van der Waals surface area contributed by atoms with Crippen LogP contribution < -0.4 is 5.32 Å². The lowest BCUT2D eigenvalue weighted by molar-refractivity contribution is 0.112. The maximum absolute atomic E-state index is 10.8. The summed E-state index contributed by atoms with van der Waals surface area (Å²) in [5.41, 5.74) is 2.41. The average molecular weight is 189 g/mol. The second-order valence-corrected chi connectivity index (χ2v) is 3.12. The molecule has 0 aromatic carbocycles. The van der Waals surface area contributed by atoms with Crippen molar-refractivity contribution in [1.82, 2.24) is 9.55 Å². The third kappa shape index (κ3) is 1.08. The Morgan fingerprint density at radius 3 is 3.00 bits per heavy atom. The standard InChI is InChI=1S/C10H11N3O/c1-11-8-3-4-12-10-9(8)7(6-14)5-13(10)2/h3-6H,1-2H3,(H,11,12). The zero-order valence-electron chi connectivity index (χ0n) is 8.11. The third-order valence-corrected chi connectivity index (χ3v) is 2.28. The fourth-order valence-corrected chi connectivity index (χ4v) is 1.63. The number of hydrogen-bond donors (Lipinski definition) is 1. The van der Waals surface area contributed by atoms with E-state index in [4.69, 9.17) is 0 Å². The summed E-state index contributed by atoms with van der Waals surface area (Å²) in [6, 6.07) is 1.86. The van der Waals surface area contributed by atoms with Gasteiger partial charge in [0.25, 0.3) is 0 Å². The smallest absolute Gasteiger partial charge is 0.152 e. The minimum absolute atomic E-state index is 0.667. The number of fused-ring (bicyclic) bond motifs is 1. The molecule has 0 unspecified atom stereocenters. The first-order chi connectivity index (χ1) is 6.77. The van der Waals surface area contributed by atoms with E-state index in [9.17, 15) is 4.79 Å². The molecule has 2 aromatic heterocycles. The van der Waals surface area contributed by atoms with Crippen LogP contribution in [0.3, 0.4) is 0 Å². The summed E-state index contributed by atoms with van der Waals surface area (Å²) in [7, 11) is 3.71. The van der Waals surface area contributed by atoms with Gasteiger partial charge >= 0.3 is 0 Å². The van der Waals surface area contributed by atoms with Gasteiger partial charge in [0.05, 0.1) is 5.39 Å². The highest BCUT2D eigenvalue weighted by Crippen LogP contribution is 2.24. The Kier molecular flexibility index (Phi) is 1.96. The van der Waals surface area contributed by atoms with Crippen molar-refractivity contribution in [1.29, 1.82) is 0 Å². The number of carbonyl (C=O) groups excluding carboxylic acids is 1. The minimum Gasteiger partial charge on any atom is -0.387 e. The molecule has 0 aliphatic heterocycles. The van der Waals surface area contributed by atoms with Gasteiger partial charge in [-0.25, -0.2) is 4.98 Å². The lowest BCUT2D eigenvalue weighted by Gasteiger charge is -2.02. The first-order valence-electron chi connectivity index (χ1n) is 4.35. The molecule has 0 atom stereocenters. The number of rotatable bonds is 2. The Hall–Kier alpha value is -1.84. The van der Waals surface area contributed by atoms with E-state index in [2.05, 4.69) is 10.3 Å². The molecular weight excluding hydrogens is 178 g/mol. The van der Waals surface area contributed by atoms with Crippen LogP contribution in [0, 0.1) is 0 Å². The Labute approximate surface area is 81.6 Å². The Morgan fingerprint density at radius 1 is 1.57 bits per heavy atom. The summed E-state index contributed by atoms with van der Waals surface area (Å²) in [6.07, 6.45) is 4.36. The van der Waals surface area contributed by atoms with E-state index in [1.165, 1.54) is 0 Å². The fraction of sp³-hybridized carbons (Fsp3) is 0.200. The van der Waals surface area contributed by atoms with Crippen molar-refractivity contribution in [3.63, 3.8) is 0 Å². The van der Waals surface area contributed by atoms with E-state index in [-0.39, 0.29) is 0 Å². The van der Waals surface area contributed by atoms with Crippen molar-refractivity contribution in [3.05, 3.63) is 24.0 Å². The average Bonchev–Trinajstić information content (AvgIpc) is 2.56. The molecule has 2 heterocycles. The molecule has 0 spiro atoms. The van der Waals surface area contributed by atoms with Gasteiger partial charge in [0.1, 0.15) is 5.65 Å². The molecule has 0 aliphatic carbocycles. The number of hydrogen-bond acceptors (Lipinski definition) is 3. The number of nitrogens with zero attached hydrogens (tertiary/aromatic N) is 2. The summed E-state index contributed by atoms with van der Waals surface area (Å²) in [6.45, 7) is 0. The van der Waals surface area contributed by atoms with Crippen molar-refractivity contribution >= 4 is 23.0 Å². The van der Waals surface area contributed by atoms with Crippen LogP contribution in [0.5, 0.6) is 0 Å². The molecule has 0 saturated carbocycles. The Bertz CT molecular complexity index is 487. The number of aromatic nitrogens is 2. The summed E-state index contributed by atoms with van der Waals surface area (Å²) in [5, 5.41) is 3.93. The van der Waals surface area contributed by atoms with E-state index in [0.29, 0.717) is 5.56 Å². The maximum atomic E-state index is 10.8. The topological polar surface area (TPSA) is 46.9 Å². The normalized spacial score (nSPS) is 10.4. The molecule has 0 aliphatic rings. The largest absolute Gasteiger partial charge is 0.387 e. The number of anilines is 1. The second kappa shape index (κ2) is 3.14. The van der Waals surface area contributed by atoms with E-state index in [1.807, 2.05) is 24.7 Å². The summed E-state index contributed by atoms with van der Waals surface area (Å²) >= 11 is 0. The van der Waals surface area contributed by atoms with Crippen LogP contribution in [0.2, 0.25) is 0 Å². The Morgan fingerprint density at radius 2 is 2.36 bits per heavy atom. The lowest BCUT2D eigenvalue weighted by Crippen LogP contribution is -1.92. The quantitative estimate of drug-likeness (QED) is 0.727. The summed E-state index contributed by atoms with van der Waals surface area (Å²) in [4.78, 5) is 15.1. The molecule has 2 rings (SSSR count). The van der Waals surface area contributed by atoms with Crippen molar-refractivity contribution < 1.29 is 4.79 Å². The van der Waals surface area contributed by atoms with Gasteiger partial charge in [-0.1, -0.05) is 0 Å². The van der Waals surface area contributed by atoms with E-state index >= 15 is 0 Å². The monoisotopic (exact) mass is 189 g/mol. The van der Waals surface area contributed by atoms with Crippen LogP contribution in [0.4, 0.5) is 5.69 Å². The van der Waals surface area contributed by atoms with Crippen molar-refractivity contribution in [2.45, 2.75) is 0 Å². The van der Waals surface area contributed by atoms with Gasteiger partial charge in [-0.2, -0.15) is 0 Å². The predicted octanol–water partition coefficient (Wildman–Crippen LogP) is 1.43. The molecule has 14 heavy (non-hydrogen) atoms. The fourth-order valence-electron chi connectivity index (χ4n) is 1.63. The van der Waals surface area contributed by atoms with Crippen molar-refractivity contribution in [3.8, 4) is 0 Å². The SMILES string of the molecule is CNc1ccnc2c1c(C=O)cn2C. The number of carbonyl (C=O) groups is 1. The van der Waals surface area contributed by atoms with E-state index < -0.39 is 0 Å². The molecule has 72 valence electrons. The molecule has 2 aromatic rings. The number of aldehydes is 1. The molecule has 4 nitrogen and oxygen atoms in total. The van der Waals surface area contributed by atoms with Crippen molar-refractivity contribution in [2.75, 3.05) is 12.4 Å². The number of nitrogens with one attached hydrogen (secondary N) is 1. The molecule has 0 bridgehead atoms. The zero-order valence-corrected chi connectivity index (χ0v) is 8.11. The first kappa shape index (κ1) is 8.74. The van der Waals surface area contributed by atoms with Gasteiger partial charge in [-0.3, -0.25) is 4.79 Å². The van der Waals surface area contributed by atoms with Gasteiger partial charge in [-0.05, 0) is 6.07 Å². The van der Waals surface area contributed by atoms with Gasteiger partial charge in [0.2, 0.25) is 0 Å². The maximum Gasteiger partial charge on any atom is 0.152 e. The minimum atomic E-state index is 0.667. The van der Waals surface area contributed by atoms with Crippen LogP contribution in [-0.4, -0.2) is 22.9 Å². The molecule has 1 N–H and O–H groups in total. The molecule has 0 radical (unpaired) electrons. The summed E-state index contributed by atoms with van der Waals surface area (Å²) < 4.78 is 1.85. The number of aryl methyl sites for hydroxylation is 1. The van der Waals surface area contributed by atoms with Crippen LogP contribution in [0.25, 0.3) is 11.0 Å². The molecule has 0 fully saturated rings.